The fraction of sp³-hybridized carbons (Fsp3) is 0.160. The zero-order chi connectivity index (χ0) is 21.8. The minimum Gasteiger partial charge on any atom is -0.344 e. The van der Waals surface area contributed by atoms with Crippen LogP contribution in [0.5, 0.6) is 0 Å². The van der Waals surface area contributed by atoms with Gasteiger partial charge in [0.05, 0.1) is 31.7 Å². The van der Waals surface area contributed by atoms with Gasteiger partial charge in [-0.25, -0.2) is 0 Å². The number of carbonyl (C=O) groups excluding carboxylic acids is 1. The molecule has 3 aromatic carbocycles. The van der Waals surface area contributed by atoms with Crippen LogP contribution in [0.15, 0.2) is 89.7 Å². The molecule has 2 N–H and O–H groups in total. The van der Waals surface area contributed by atoms with Gasteiger partial charge in [-0.3, -0.25) is 9.59 Å². The van der Waals surface area contributed by atoms with Crippen molar-refractivity contribution < 1.29 is 9.69 Å². The summed E-state index contributed by atoms with van der Waals surface area (Å²) in [6.07, 6.45) is 0. The Morgan fingerprint density at radius 3 is 2.13 bits per heavy atom. The molecule has 1 amide bonds. The van der Waals surface area contributed by atoms with Crippen molar-refractivity contribution in [1.82, 2.24) is 15.1 Å². The Kier molecular flexibility index (Phi) is 5.91. The van der Waals surface area contributed by atoms with Crippen molar-refractivity contribution in [3.63, 3.8) is 0 Å². The van der Waals surface area contributed by atoms with Gasteiger partial charge in [-0.1, -0.05) is 66.7 Å². The number of carbonyl (C=O) groups is 1. The third-order valence-corrected chi connectivity index (χ3v) is 5.39. The lowest BCUT2D eigenvalue weighted by molar-refractivity contribution is -0.890. The molecule has 6 heteroatoms. The van der Waals surface area contributed by atoms with Crippen molar-refractivity contribution in [3.05, 3.63) is 107 Å². The zero-order valence-electron chi connectivity index (χ0n) is 17.6. The number of hydrogen-bond donors (Lipinski definition) is 2. The maximum atomic E-state index is 13.2. The van der Waals surface area contributed by atoms with Crippen LogP contribution in [0.1, 0.15) is 22.1 Å². The minimum absolute atomic E-state index is 0.0939. The Bertz CT molecular complexity index is 1250. The Hall–Kier alpha value is -3.77. The normalized spacial score (nSPS) is 12.1. The molecule has 0 saturated heterocycles. The zero-order valence-corrected chi connectivity index (χ0v) is 17.6. The van der Waals surface area contributed by atoms with Crippen LogP contribution in [0, 0.1) is 0 Å². The highest BCUT2D eigenvalue weighted by molar-refractivity contribution is 6.04. The molecule has 31 heavy (non-hydrogen) atoms. The van der Waals surface area contributed by atoms with Gasteiger partial charge in [-0.05, 0) is 18.2 Å². The van der Waals surface area contributed by atoms with Crippen molar-refractivity contribution in [1.29, 1.82) is 0 Å². The lowest BCUT2D eigenvalue weighted by atomic mass is 10.1. The van der Waals surface area contributed by atoms with Crippen LogP contribution >= 0.6 is 0 Å². The van der Waals surface area contributed by atoms with Gasteiger partial charge in [0.2, 0.25) is 0 Å². The molecule has 0 spiro atoms. The summed E-state index contributed by atoms with van der Waals surface area (Å²) in [6.45, 7) is 0.450. The average Bonchev–Trinajstić information content (AvgIpc) is 2.80. The quantitative estimate of drug-likeness (QED) is 0.508. The van der Waals surface area contributed by atoms with E-state index in [4.69, 9.17) is 0 Å². The lowest BCUT2D eigenvalue weighted by Gasteiger charge is -2.22. The van der Waals surface area contributed by atoms with Crippen LogP contribution in [-0.2, 0) is 0 Å². The number of nitrogens with zero attached hydrogens (tertiary/aromatic N) is 2. The van der Waals surface area contributed by atoms with Crippen molar-refractivity contribution in [2.75, 3.05) is 20.6 Å². The van der Waals surface area contributed by atoms with E-state index < -0.39 is 0 Å². The highest BCUT2D eigenvalue weighted by Crippen LogP contribution is 2.16. The number of likely N-dealkylation sites (N-methyl/N-ethyl adjacent to an activating group) is 1. The predicted octanol–water partition coefficient (Wildman–Crippen LogP) is 2.00. The van der Waals surface area contributed by atoms with Crippen molar-refractivity contribution in [2.24, 2.45) is 0 Å². The highest BCUT2D eigenvalue weighted by Gasteiger charge is 2.22. The van der Waals surface area contributed by atoms with Crippen LogP contribution in [0.3, 0.4) is 0 Å². The molecule has 0 aliphatic carbocycles. The largest absolute Gasteiger partial charge is 0.344 e. The number of para-hydroxylation sites is 1. The second-order valence-electron chi connectivity index (χ2n) is 7.70. The Morgan fingerprint density at radius 2 is 1.48 bits per heavy atom. The molecule has 1 heterocycles. The van der Waals surface area contributed by atoms with Gasteiger partial charge in [0.15, 0.2) is 5.69 Å². The van der Waals surface area contributed by atoms with Gasteiger partial charge in [0.25, 0.3) is 11.5 Å². The number of benzene rings is 3. The number of aromatic nitrogens is 2. The molecular formula is C25H25N4O2+. The molecule has 156 valence electrons. The molecule has 0 fully saturated rings. The second kappa shape index (κ2) is 8.93. The van der Waals surface area contributed by atoms with E-state index in [1.165, 1.54) is 9.58 Å². The Labute approximate surface area is 180 Å². The lowest BCUT2D eigenvalue weighted by Crippen LogP contribution is -3.07. The number of amides is 1. The summed E-state index contributed by atoms with van der Waals surface area (Å²) in [7, 11) is 4.13. The van der Waals surface area contributed by atoms with Crippen LogP contribution in [0.25, 0.3) is 16.5 Å². The van der Waals surface area contributed by atoms with Gasteiger partial charge in [-0.15, -0.1) is 0 Å². The first-order valence-corrected chi connectivity index (χ1v) is 10.3. The third-order valence-electron chi connectivity index (χ3n) is 5.39. The standard InChI is InChI=1S/C25H24N4O2/c1-28(2)22(18-11-5-3-6-12-18)17-26-24(30)23-20-15-9-10-16-21(20)25(31)29(27-23)19-13-7-4-8-14-19/h3-16,22H,17H2,1-2H3,(H,26,30)/p+1/t22-/m0/s1. The summed E-state index contributed by atoms with van der Waals surface area (Å²) in [5, 5.41) is 8.49. The number of quaternary nitrogens is 1. The molecule has 1 atom stereocenters. The summed E-state index contributed by atoms with van der Waals surface area (Å²) in [4.78, 5) is 27.4. The fourth-order valence-corrected chi connectivity index (χ4v) is 3.72. The van der Waals surface area contributed by atoms with Crippen LogP contribution < -0.4 is 15.8 Å². The monoisotopic (exact) mass is 413 g/mol. The van der Waals surface area contributed by atoms with E-state index in [1.54, 1.807) is 30.3 Å². The molecule has 6 nitrogen and oxygen atoms in total. The summed E-state index contributed by atoms with van der Waals surface area (Å²) < 4.78 is 1.29. The van der Waals surface area contributed by atoms with Gasteiger partial charge in [-0.2, -0.15) is 9.78 Å². The van der Waals surface area contributed by atoms with E-state index in [9.17, 15) is 9.59 Å². The number of hydrogen-bond acceptors (Lipinski definition) is 3. The van der Waals surface area contributed by atoms with Crippen molar-refractivity contribution >= 4 is 16.7 Å². The molecule has 0 aliphatic heterocycles. The van der Waals surface area contributed by atoms with E-state index in [2.05, 4.69) is 36.6 Å². The average molecular weight is 414 g/mol. The first-order chi connectivity index (χ1) is 15.1. The molecule has 0 unspecified atom stereocenters. The van der Waals surface area contributed by atoms with Gasteiger partial charge < -0.3 is 10.2 Å². The topological polar surface area (TPSA) is 68.4 Å². The number of nitrogens with one attached hydrogen (secondary N) is 2. The van der Waals surface area contributed by atoms with E-state index in [-0.39, 0.29) is 23.2 Å². The Balaban J connectivity index is 1.71. The summed E-state index contributed by atoms with van der Waals surface area (Å²) in [5.41, 5.74) is 1.75. The predicted molar refractivity (Wildman–Crippen MR) is 122 cm³/mol. The van der Waals surface area contributed by atoms with Crippen molar-refractivity contribution in [2.45, 2.75) is 6.04 Å². The summed E-state index contributed by atoms with van der Waals surface area (Å²) >= 11 is 0. The first kappa shape index (κ1) is 20.5. The smallest absolute Gasteiger partial charge is 0.279 e. The second-order valence-corrected chi connectivity index (χ2v) is 7.70. The van der Waals surface area contributed by atoms with Crippen molar-refractivity contribution in [3.8, 4) is 5.69 Å². The van der Waals surface area contributed by atoms with E-state index in [1.807, 2.05) is 42.5 Å². The Morgan fingerprint density at radius 1 is 0.903 bits per heavy atom. The minimum atomic E-state index is -0.303. The number of fused-ring (bicyclic) bond motifs is 1. The molecule has 0 aliphatic rings. The maximum absolute atomic E-state index is 13.2. The molecule has 0 radical (unpaired) electrons. The van der Waals surface area contributed by atoms with Gasteiger partial charge in [0, 0.05) is 10.9 Å². The molecule has 0 saturated carbocycles. The fourth-order valence-electron chi connectivity index (χ4n) is 3.72. The molecule has 1 aromatic heterocycles. The molecular weight excluding hydrogens is 388 g/mol. The third kappa shape index (κ3) is 4.25. The molecule has 0 bridgehead atoms. The SMILES string of the molecule is C[NH+](C)[C@@H](CNC(=O)c1nn(-c2ccccc2)c(=O)c2ccccc12)c1ccccc1. The number of rotatable bonds is 6. The molecule has 4 aromatic rings. The van der Waals surface area contributed by atoms with Crippen LogP contribution in [0.4, 0.5) is 0 Å². The molecule has 4 rings (SSSR count). The summed E-state index contributed by atoms with van der Waals surface area (Å²) in [6, 6.07) is 26.4. The summed E-state index contributed by atoms with van der Waals surface area (Å²) in [5.74, 6) is -0.303. The van der Waals surface area contributed by atoms with E-state index >= 15 is 0 Å². The van der Waals surface area contributed by atoms with Gasteiger partial charge in [0.1, 0.15) is 6.04 Å². The van der Waals surface area contributed by atoms with Crippen LogP contribution in [-0.4, -0.2) is 36.3 Å². The van der Waals surface area contributed by atoms with E-state index in [0.717, 1.165) is 5.56 Å². The van der Waals surface area contributed by atoms with E-state index in [0.29, 0.717) is 23.0 Å². The van der Waals surface area contributed by atoms with Crippen LogP contribution in [0.2, 0.25) is 0 Å². The van der Waals surface area contributed by atoms with Gasteiger partial charge >= 0.3 is 0 Å². The highest BCUT2D eigenvalue weighted by atomic mass is 16.2. The maximum Gasteiger partial charge on any atom is 0.279 e. The first-order valence-electron chi connectivity index (χ1n) is 10.3.